The van der Waals surface area contributed by atoms with Crippen LogP contribution in [0.1, 0.15) is 23.1 Å². The van der Waals surface area contributed by atoms with Crippen molar-refractivity contribution in [2.75, 3.05) is 11.9 Å². The van der Waals surface area contributed by atoms with Gasteiger partial charge >= 0.3 is 0 Å². The lowest BCUT2D eigenvalue weighted by molar-refractivity contribution is 0.831. The molecule has 0 bridgehead atoms. The molecule has 0 saturated heterocycles. The average Bonchev–Trinajstić information content (AvgIpc) is 2.53. The normalized spacial score (nSPS) is 13.7. The zero-order chi connectivity index (χ0) is 13.9. The van der Waals surface area contributed by atoms with E-state index in [1.807, 2.05) is 0 Å². The highest BCUT2D eigenvalue weighted by atomic mass is 14.9. The Morgan fingerprint density at radius 3 is 2.70 bits per heavy atom. The molecule has 0 spiro atoms. The second kappa shape index (κ2) is 5.65. The van der Waals surface area contributed by atoms with Gasteiger partial charge in [0.25, 0.3) is 0 Å². The number of fused-ring (bicyclic) bond motifs is 1. The Labute approximate surface area is 120 Å². The summed E-state index contributed by atoms with van der Waals surface area (Å²) in [6.45, 7) is 2.14. The molecule has 0 unspecified atom stereocenters. The summed E-state index contributed by atoms with van der Waals surface area (Å²) in [4.78, 5) is 0. The number of hydrogen-bond donors (Lipinski definition) is 3. The molecular formula is C17H21N3. The molecule has 0 radical (unpaired) electrons. The second-order valence-electron chi connectivity index (χ2n) is 5.27. The molecule has 3 heteroatoms. The van der Waals surface area contributed by atoms with Gasteiger partial charge in [0.05, 0.1) is 0 Å². The summed E-state index contributed by atoms with van der Waals surface area (Å²) < 4.78 is 0. The molecule has 3 nitrogen and oxygen atoms in total. The Balaban J connectivity index is 2.17. The molecule has 2 aromatic carbocycles. The van der Waals surface area contributed by atoms with Crippen LogP contribution in [0.2, 0.25) is 0 Å². The van der Waals surface area contributed by atoms with Gasteiger partial charge in [0, 0.05) is 30.9 Å². The molecule has 1 aliphatic heterocycles. The maximum atomic E-state index is 5.90. The summed E-state index contributed by atoms with van der Waals surface area (Å²) in [6.07, 6.45) is 2.34. The third-order valence-electron chi connectivity index (χ3n) is 4.00. The number of para-hydroxylation sites is 1. The van der Waals surface area contributed by atoms with Crippen molar-refractivity contribution in [1.29, 1.82) is 0 Å². The van der Waals surface area contributed by atoms with Crippen LogP contribution in [0.15, 0.2) is 36.4 Å². The van der Waals surface area contributed by atoms with E-state index >= 15 is 0 Å². The molecule has 0 amide bonds. The largest absolute Gasteiger partial charge is 0.384 e. The van der Waals surface area contributed by atoms with Gasteiger partial charge in [-0.2, -0.15) is 0 Å². The number of hydrogen-bond acceptors (Lipinski definition) is 3. The predicted molar refractivity (Wildman–Crippen MR) is 84.5 cm³/mol. The van der Waals surface area contributed by atoms with Crippen LogP contribution in [0.25, 0.3) is 11.1 Å². The Morgan fingerprint density at radius 2 is 1.90 bits per heavy atom. The van der Waals surface area contributed by atoms with Crippen LogP contribution in [0.5, 0.6) is 0 Å². The van der Waals surface area contributed by atoms with Gasteiger partial charge in [0.2, 0.25) is 0 Å². The Hall–Kier alpha value is -1.84. The first-order chi connectivity index (χ1) is 9.83. The number of aryl methyl sites for hydroxylation is 1. The average molecular weight is 267 g/mol. The molecule has 1 heterocycles. The number of rotatable bonds is 3. The minimum atomic E-state index is 0.545. The second-order valence-corrected chi connectivity index (χ2v) is 5.27. The number of benzene rings is 2. The number of anilines is 1. The topological polar surface area (TPSA) is 64.1 Å². The van der Waals surface area contributed by atoms with E-state index in [0.717, 1.165) is 18.5 Å². The van der Waals surface area contributed by atoms with Crippen molar-refractivity contribution in [3.8, 4) is 11.1 Å². The molecule has 0 atom stereocenters. The van der Waals surface area contributed by atoms with Crippen molar-refractivity contribution in [2.24, 2.45) is 11.5 Å². The first-order valence-electron chi connectivity index (χ1n) is 7.21. The van der Waals surface area contributed by atoms with Crippen LogP contribution >= 0.6 is 0 Å². The van der Waals surface area contributed by atoms with Gasteiger partial charge in [0.1, 0.15) is 0 Å². The summed E-state index contributed by atoms with van der Waals surface area (Å²) in [5.74, 6) is 0. The van der Waals surface area contributed by atoms with Gasteiger partial charge < -0.3 is 16.8 Å². The quantitative estimate of drug-likeness (QED) is 0.801. The lowest BCUT2D eigenvalue weighted by Crippen LogP contribution is -2.13. The van der Waals surface area contributed by atoms with E-state index in [1.54, 1.807) is 0 Å². The van der Waals surface area contributed by atoms with E-state index in [0.29, 0.717) is 13.1 Å². The van der Waals surface area contributed by atoms with Crippen LogP contribution in [0, 0.1) is 0 Å². The summed E-state index contributed by atoms with van der Waals surface area (Å²) in [6, 6.07) is 12.9. The van der Waals surface area contributed by atoms with E-state index in [2.05, 4.69) is 41.7 Å². The first kappa shape index (κ1) is 13.2. The lowest BCUT2D eigenvalue weighted by atomic mass is 9.91. The van der Waals surface area contributed by atoms with Crippen molar-refractivity contribution in [2.45, 2.75) is 25.9 Å². The maximum absolute atomic E-state index is 5.90. The Bertz CT molecular complexity index is 620. The molecule has 1 aliphatic rings. The monoisotopic (exact) mass is 267 g/mol. The van der Waals surface area contributed by atoms with Crippen molar-refractivity contribution in [1.82, 2.24) is 0 Å². The van der Waals surface area contributed by atoms with E-state index < -0.39 is 0 Å². The van der Waals surface area contributed by atoms with Gasteiger partial charge in [0.15, 0.2) is 0 Å². The summed E-state index contributed by atoms with van der Waals surface area (Å²) >= 11 is 0. The molecule has 5 N–H and O–H groups in total. The molecule has 20 heavy (non-hydrogen) atoms. The first-order valence-corrected chi connectivity index (χ1v) is 7.21. The molecule has 0 aliphatic carbocycles. The summed E-state index contributed by atoms with van der Waals surface area (Å²) in [7, 11) is 0. The SMILES string of the molecule is NCc1ccc(CN)c(-c2cccc3c2NCCC3)c1. The van der Waals surface area contributed by atoms with Gasteiger partial charge in [-0.1, -0.05) is 30.3 Å². The highest BCUT2D eigenvalue weighted by molar-refractivity contribution is 5.83. The van der Waals surface area contributed by atoms with Crippen LogP contribution in [0.3, 0.4) is 0 Å². The third kappa shape index (κ3) is 2.30. The zero-order valence-electron chi connectivity index (χ0n) is 11.7. The highest BCUT2D eigenvalue weighted by Gasteiger charge is 2.15. The van der Waals surface area contributed by atoms with Crippen LogP contribution in [-0.4, -0.2) is 6.54 Å². The lowest BCUT2D eigenvalue weighted by Gasteiger charge is -2.22. The molecule has 0 saturated carbocycles. The summed E-state index contributed by atoms with van der Waals surface area (Å²) in [5.41, 5.74) is 19.1. The molecule has 104 valence electrons. The Kier molecular flexibility index (Phi) is 3.72. The minimum absolute atomic E-state index is 0.545. The van der Waals surface area contributed by atoms with E-state index in [1.165, 1.54) is 34.4 Å². The molecule has 0 aromatic heterocycles. The van der Waals surface area contributed by atoms with Crippen molar-refractivity contribution >= 4 is 5.69 Å². The van der Waals surface area contributed by atoms with Crippen molar-refractivity contribution in [3.05, 3.63) is 53.1 Å². The zero-order valence-corrected chi connectivity index (χ0v) is 11.7. The maximum Gasteiger partial charge on any atom is 0.0452 e. The fraction of sp³-hybridized carbons (Fsp3) is 0.294. The van der Waals surface area contributed by atoms with E-state index in [4.69, 9.17) is 11.5 Å². The van der Waals surface area contributed by atoms with E-state index in [-0.39, 0.29) is 0 Å². The van der Waals surface area contributed by atoms with Crippen molar-refractivity contribution < 1.29 is 0 Å². The molecular weight excluding hydrogens is 246 g/mol. The van der Waals surface area contributed by atoms with Gasteiger partial charge in [-0.05, 0) is 41.2 Å². The van der Waals surface area contributed by atoms with Crippen molar-refractivity contribution in [3.63, 3.8) is 0 Å². The fourth-order valence-electron chi connectivity index (χ4n) is 2.91. The Morgan fingerprint density at radius 1 is 1.00 bits per heavy atom. The molecule has 0 fully saturated rings. The minimum Gasteiger partial charge on any atom is -0.384 e. The summed E-state index contributed by atoms with van der Waals surface area (Å²) in [5, 5.41) is 3.55. The smallest absolute Gasteiger partial charge is 0.0452 e. The van der Waals surface area contributed by atoms with Crippen LogP contribution in [0.4, 0.5) is 5.69 Å². The standard InChI is InChI=1S/C17H21N3/c18-10-12-6-7-14(11-19)16(9-12)15-5-1-3-13-4-2-8-20-17(13)15/h1,3,5-7,9,20H,2,4,8,10-11,18-19H2. The van der Waals surface area contributed by atoms with Gasteiger partial charge in [-0.15, -0.1) is 0 Å². The van der Waals surface area contributed by atoms with Gasteiger partial charge in [-0.25, -0.2) is 0 Å². The molecule has 2 aromatic rings. The number of nitrogens with two attached hydrogens (primary N) is 2. The van der Waals surface area contributed by atoms with Crippen LogP contribution < -0.4 is 16.8 Å². The molecule has 3 rings (SSSR count). The third-order valence-corrected chi connectivity index (χ3v) is 4.00. The number of nitrogens with one attached hydrogen (secondary N) is 1. The highest BCUT2D eigenvalue weighted by Crippen LogP contribution is 2.36. The fourth-order valence-corrected chi connectivity index (χ4v) is 2.91. The predicted octanol–water partition coefficient (Wildman–Crippen LogP) is 2.63. The van der Waals surface area contributed by atoms with Crippen LogP contribution in [-0.2, 0) is 19.5 Å². The van der Waals surface area contributed by atoms with Gasteiger partial charge in [-0.3, -0.25) is 0 Å². The van der Waals surface area contributed by atoms with E-state index in [9.17, 15) is 0 Å².